The Morgan fingerprint density at radius 1 is 1.42 bits per heavy atom. The van der Waals surface area contributed by atoms with E-state index in [9.17, 15) is 0 Å². The van der Waals surface area contributed by atoms with Crippen molar-refractivity contribution in [2.75, 3.05) is 0 Å². The lowest BCUT2D eigenvalue weighted by atomic mass is 10.1. The van der Waals surface area contributed by atoms with Crippen LogP contribution in [0, 0.1) is 5.51 Å². The molecule has 1 aliphatic rings. The van der Waals surface area contributed by atoms with E-state index in [1.807, 2.05) is 6.07 Å². The first-order chi connectivity index (χ1) is 5.95. The van der Waals surface area contributed by atoms with Crippen molar-refractivity contribution >= 4 is 21.6 Å². The van der Waals surface area contributed by atoms with E-state index in [-0.39, 0.29) is 0 Å². The third kappa shape index (κ3) is 0.750. The van der Waals surface area contributed by atoms with Gasteiger partial charge in [-0.05, 0) is 11.6 Å². The second-order valence-electron chi connectivity index (χ2n) is 2.85. The van der Waals surface area contributed by atoms with Crippen molar-refractivity contribution in [2.45, 2.75) is 13.2 Å². The number of hydrogen-bond acceptors (Lipinski definition) is 3. The van der Waals surface area contributed by atoms with Crippen LogP contribution in [0.25, 0.3) is 10.2 Å². The van der Waals surface area contributed by atoms with E-state index in [4.69, 9.17) is 4.74 Å². The highest BCUT2D eigenvalue weighted by Crippen LogP contribution is 2.30. The first kappa shape index (κ1) is 6.57. The Hall–Kier alpha value is -0.930. The summed E-state index contributed by atoms with van der Waals surface area (Å²) in [7, 11) is 0. The fraction of sp³-hybridized carbons (Fsp3) is 0.222. The van der Waals surface area contributed by atoms with Gasteiger partial charge in [-0.25, -0.2) is 4.98 Å². The van der Waals surface area contributed by atoms with Crippen LogP contribution in [0.5, 0.6) is 0 Å². The Kier molecular flexibility index (Phi) is 1.25. The van der Waals surface area contributed by atoms with Crippen molar-refractivity contribution in [1.29, 1.82) is 0 Å². The predicted octanol–water partition coefficient (Wildman–Crippen LogP) is 2.13. The van der Waals surface area contributed by atoms with E-state index in [0.717, 1.165) is 18.7 Å². The summed E-state index contributed by atoms with van der Waals surface area (Å²) in [4.78, 5) is 4.13. The zero-order valence-electron chi connectivity index (χ0n) is 6.33. The average Bonchev–Trinajstić information content (AvgIpc) is 2.71. The number of thiazole rings is 1. The molecule has 0 spiro atoms. The molecule has 3 heteroatoms. The number of nitrogens with zero attached hydrogens (tertiary/aromatic N) is 1. The number of fused-ring (bicyclic) bond motifs is 3. The minimum Gasteiger partial charge on any atom is -0.372 e. The minimum atomic E-state index is 0.739. The highest BCUT2D eigenvalue weighted by atomic mass is 32.1. The van der Waals surface area contributed by atoms with Crippen molar-refractivity contribution in [3.8, 4) is 0 Å². The molecule has 2 nitrogen and oxygen atoms in total. The lowest BCUT2D eigenvalue weighted by molar-refractivity contribution is 0.135. The van der Waals surface area contributed by atoms with E-state index in [1.54, 1.807) is 11.3 Å². The molecule has 0 fully saturated rings. The SMILES string of the molecule is [c]1nc2ccc3c(c2s1)COC3. The van der Waals surface area contributed by atoms with Gasteiger partial charge in [0.25, 0.3) is 0 Å². The molecule has 0 N–H and O–H groups in total. The van der Waals surface area contributed by atoms with Gasteiger partial charge >= 0.3 is 0 Å². The van der Waals surface area contributed by atoms with Gasteiger partial charge in [-0.2, -0.15) is 0 Å². The summed E-state index contributed by atoms with van der Waals surface area (Å²) >= 11 is 1.58. The zero-order valence-corrected chi connectivity index (χ0v) is 7.15. The molecule has 0 saturated heterocycles. The molecule has 2 heterocycles. The monoisotopic (exact) mass is 176 g/mol. The van der Waals surface area contributed by atoms with Crippen LogP contribution in [0.1, 0.15) is 11.1 Å². The fourth-order valence-corrected chi connectivity index (χ4v) is 2.30. The summed E-state index contributed by atoms with van der Waals surface area (Å²) in [5.41, 5.74) is 6.57. The molecule has 59 valence electrons. The van der Waals surface area contributed by atoms with Crippen LogP contribution in [0.3, 0.4) is 0 Å². The van der Waals surface area contributed by atoms with Crippen LogP contribution in [-0.2, 0) is 18.0 Å². The van der Waals surface area contributed by atoms with Gasteiger partial charge in [0.1, 0.15) is 0 Å². The molecule has 3 rings (SSSR count). The third-order valence-electron chi connectivity index (χ3n) is 2.15. The highest BCUT2D eigenvalue weighted by molar-refractivity contribution is 7.16. The second kappa shape index (κ2) is 2.28. The molecule has 0 atom stereocenters. The van der Waals surface area contributed by atoms with Crippen molar-refractivity contribution in [3.05, 3.63) is 28.8 Å². The molecular formula is C9H6NOS. The van der Waals surface area contributed by atoms with Crippen LogP contribution in [0.15, 0.2) is 12.1 Å². The van der Waals surface area contributed by atoms with Gasteiger partial charge in [-0.1, -0.05) is 6.07 Å². The summed E-state index contributed by atoms with van der Waals surface area (Å²) < 4.78 is 6.60. The highest BCUT2D eigenvalue weighted by Gasteiger charge is 2.15. The molecule has 0 unspecified atom stereocenters. The van der Waals surface area contributed by atoms with Crippen LogP contribution in [0.2, 0.25) is 0 Å². The Labute approximate surface area is 73.8 Å². The van der Waals surface area contributed by atoms with Gasteiger partial charge in [0.15, 0.2) is 5.51 Å². The van der Waals surface area contributed by atoms with Crippen molar-refractivity contribution in [3.63, 3.8) is 0 Å². The van der Waals surface area contributed by atoms with Gasteiger partial charge in [-0.15, -0.1) is 11.3 Å². The largest absolute Gasteiger partial charge is 0.372 e. The van der Waals surface area contributed by atoms with Crippen LogP contribution in [0.4, 0.5) is 0 Å². The lowest BCUT2D eigenvalue weighted by Crippen LogP contribution is -1.80. The van der Waals surface area contributed by atoms with Gasteiger partial charge < -0.3 is 4.74 Å². The molecular weight excluding hydrogens is 170 g/mol. The Morgan fingerprint density at radius 2 is 2.42 bits per heavy atom. The molecule has 0 bridgehead atoms. The first-order valence-corrected chi connectivity index (χ1v) is 4.62. The zero-order chi connectivity index (χ0) is 7.97. The van der Waals surface area contributed by atoms with Crippen molar-refractivity contribution in [2.24, 2.45) is 0 Å². The van der Waals surface area contributed by atoms with Gasteiger partial charge in [0.2, 0.25) is 0 Å². The lowest BCUT2D eigenvalue weighted by Gasteiger charge is -1.95. The molecule has 0 aliphatic carbocycles. The van der Waals surface area contributed by atoms with E-state index in [1.165, 1.54) is 15.8 Å². The van der Waals surface area contributed by atoms with Crippen molar-refractivity contribution in [1.82, 2.24) is 4.98 Å². The Balaban J connectivity index is 2.46. The molecule has 2 aromatic rings. The van der Waals surface area contributed by atoms with Crippen LogP contribution >= 0.6 is 11.3 Å². The maximum absolute atomic E-state index is 5.36. The Morgan fingerprint density at radius 3 is 3.42 bits per heavy atom. The normalized spacial score (nSPS) is 15.3. The number of rotatable bonds is 0. The van der Waals surface area contributed by atoms with E-state index in [0.29, 0.717) is 0 Å². The van der Waals surface area contributed by atoms with Gasteiger partial charge in [0, 0.05) is 5.56 Å². The molecule has 1 aliphatic heterocycles. The molecule has 1 aromatic carbocycles. The minimum absolute atomic E-state index is 0.739. The smallest absolute Gasteiger partial charge is 0.153 e. The Bertz CT molecular complexity index is 435. The van der Waals surface area contributed by atoms with Crippen LogP contribution < -0.4 is 0 Å². The third-order valence-corrected chi connectivity index (χ3v) is 3.00. The topological polar surface area (TPSA) is 22.1 Å². The fourth-order valence-electron chi connectivity index (χ4n) is 1.53. The summed E-state index contributed by atoms with van der Waals surface area (Å²) in [6, 6.07) is 4.13. The summed E-state index contributed by atoms with van der Waals surface area (Å²) in [5.74, 6) is 0. The maximum atomic E-state index is 5.36. The van der Waals surface area contributed by atoms with Crippen LogP contribution in [-0.4, -0.2) is 4.98 Å². The maximum Gasteiger partial charge on any atom is 0.153 e. The number of benzene rings is 1. The number of hydrogen-bond donors (Lipinski definition) is 0. The van der Waals surface area contributed by atoms with E-state index < -0.39 is 0 Å². The second-order valence-corrected chi connectivity index (χ2v) is 3.64. The quantitative estimate of drug-likeness (QED) is 0.613. The molecule has 0 amide bonds. The molecule has 1 radical (unpaired) electrons. The van der Waals surface area contributed by atoms with E-state index >= 15 is 0 Å². The number of aromatic nitrogens is 1. The molecule has 1 aromatic heterocycles. The van der Waals surface area contributed by atoms with Crippen molar-refractivity contribution < 1.29 is 4.74 Å². The average molecular weight is 176 g/mol. The standard InChI is InChI=1S/C9H6NOS/c1-2-8-9(12-5-10-8)7-4-11-3-6(1)7/h1-2H,3-4H2. The summed E-state index contributed by atoms with van der Waals surface area (Å²) in [6.07, 6.45) is 0. The molecule has 0 saturated carbocycles. The first-order valence-electron chi connectivity index (χ1n) is 3.80. The van der Waals surface area contributed by atoms with E-state index in [2.05, 4.69) is 16.6 Å². The predicted molar refractivity (Wildman–Crippen MR) is 46.9 cm³/mol. The summed E-state index contributed by atoms with van der Waals surface area (Å²) in [6.45, 7) is 1.49. The number of ether oxygens (including phenoxy) is 1. The molecule has 12 heavy (non-hydrogen) atoms. The summed E-state index contributed by atoms with van der Waals surface area (Å²) in [5, 5.41) is 0. The van der Waals surface area contributed by atoms with Gasteiger partial charge in [0.05, 0.1) is 23.4 Å². The van der Waals surface area contributed by atoms with Gasteiger partial charge in [-0.3, -0.25) is 0 Å².